The smallest absolute Gasteiger partial charge is 0.410 e. The zero-order chi connectivity index (χ0) is 40.5. The van der Waals surface area contributed by atoms with Crippen molar-refractivity contribution in [3.63, 3.8) is 0 Å². The molecule has 0 aromatic heterocycles. The number of hydrogen-bond donors (Lipinski definition) is 0. The van der Waals surface area contributed by atoms with Crippen LogP contribution >= 0.6 is 11.8 Å². The van der Waals surface area contributed by atoms with Gasteiger partial charge >= 0.3 is 12.2 Å². The molecule has 2 fully saturated rings. The Bertz CT molecular complexity index is 2070. The number of rotatable bonds is 13. The topological polar surface area (TPSA) is 149 Å². The number of piperazine rings is 1. The quantitative estimate of drug-likeness (QED) is 0.0647. The van der Waals surface area contributed by atoms with Crippen molar-refractivity contribution in [1.29, 1.82) is 0 Å². The van der Waals surface area contributed by atoms with E-state index < -0.39 is 26.8 Å². The Morgan fingerprint density at radius 3 is 1.48 bits per heavy atom. The van der Waals surface area contributed by atoms with E-state index >= 15 is 0 Å². The molecule has 58 heavy (non-hydrogen) atoms. The number of ether oxygens (including phenoxy) is 2. The highest BCUT2D eigenvalue weighted by Gasteiger charge is 2.45. The van der Waals surface area contributed by atoms with Gasteiger partial charge in [-0.15, -0.1) is 11.8 Å². The van der Waals surface area contributed by atoms with Gasteiger partial charge in [0.15, 0.2) is 0 Å². The lowest BCUT2D eigenvalue weighted by molar-refractivity contribution is -0.385. The summed E-state index contributed by atoms with van der Waals surface area (Å²) < 4.78 is 10.8. The SMILES string of the molecule is O=C(OCc1ccc([N+](=O)[O-])cc1)N1CCN(C[C@@H]2C[C@H](SC(c3ccccc3)(c3ccccc3)c3ccccc3)CN2C(=O)OCc2ccc([N+](=O)[O-])cc2)CC1. The maximum atomic E-state index is 14.0. The third-order valence-corrected chi connectivity index (χ3v) is 12.3. The molecule has 2 atom stereocenters. The van der Waals surface area contributed by atoms with Gasteiger partial charge in [-0.3, -0.25) is 25.1 Å². The minimum absolute atomic E-state index is 0.00551. The van der Waals surface area contributed by atoms with Crippen LogP contribution in [-0.2, 0) is 27.4 Å². The maximum absolute atomic E-state index is 14.0. The summed E-state index contributed by atoms with van der Waals surface area (Å²) in [5.74, 6) is 0. The molecule has 2 aliphatic rings. The predicted octanol–water partition coefficient (Wildman–Crippen LogP) is 8.26. The van der Waals surface area contributed by atoms with Gasteiger partial charge in [-0.2, -0.15) is 0 Å². The first-order valence-electron chi connectivity index (χ1n) is 19.1. The maximum Gasteiger partial charge on any atom is 0.410 e. The number of likely N-dealkylation sites (tertiary alicyclic amines) is 1. The van der Waals surface area contributed by atoms with Crippen LogP contribution in [0.3, 0.4) is 0 Å². The molecule has 2 heterocycles. The Morgan fingerprint density at radius 2 is 1.05 bits per heavy atom. The Morgan fingerprint density at radius 1 is 0.621 bits per heavy atom. The first kappa shape index (κ1) is 40.0. The van der Waals surface area contributed by atoms with Crippen molar-refractivity contribution < 1.29 is 28.9 Å². The first-order chi connectivity index (χ1) is 28.2. The molecule has 0 spiro atoms. The number of hydrogen-bond acceptors (Lipinski definition) is 10. The lowest BCUT2D eigenvalue weighted by atomic mass is 9.84. The second-order valence-corrected chi connectivity index (χ2v) is 15.8. The fraction of sp³-hybridized carbons (Fsp3) is 0.273. The summed E-state index contributed by atoms with van der Waals surface area (Å²) in [4.78, 5) is 53.9. The van der Waals surface area contributed by atoms with Crippen molar-refractivity contribution in [2.75, 3.05) is 39.3 Å². The van der Waals surface area contributed by atoms with Crippen LogP contribution in [0.4, 0.5) is 21.0 Å². The Kier molecular flexibility index (Phi) is 12.6. The van der Waals surface area contributed by atoms with E-state index in [1.807, 2.05) is 34.9 Å². The third kappa shape index (κ3) is 9.30. The van der Waals surface area contributed by atoms with Gasteiger partial charge in [0.2, 0.25) is 0 Å². The van der Waals surface area contributed by atoms with Gasteiger partial charge in [-0.1, -0.05) is 91.0 Å². The monoisotopic (exact) mass is 801 g/mol. The molecule has 5 aromatic rings. The number of non-ortho nitro benzene ring substituents is 2. The molecular weight excluding hydrogens is 759 g/mol. The molecule has 0 saturated carbocycles. The van der Waals surface area contributed by atoms with Crippen molar-refractivity contribution in [3.05, 3.63) is 188 Å². The van der Waals surface area contributed by atoms with Crippen LogP contribution in [0.15, 0.2) is 140 Å². The molecule has 13 nitrogen and oxygen atoms in total. The van der Waals surface area contributed by atoms with Crippen LogP contribution in [0.5, 0.6) is 0 Å². The highest BCUT2D eigenvalue weighted by Crippen LogP contribution is 2.52. The van der Waals surface area contributed by atoms with Crippen LogP contribution < -0.4 is 0 Å². The molecule has 2 amide bonds. The lowest BCUT2D eigenvalue weighted by Gasteiger charge is -2.37. The van der Waals surface area contributed by atoms with E-state index in [0.717, 1.165) is 16.7 Å². The van der Waals surface area contributed by atoms with Gasteiger partial charge in [0, 0.05) is 74.8 Å². The van der Waals surface area contributed by atoms with E-state index in [1.165, 1.54) is 24.3 Å². The van der Waals surface area contributed by atoms with Crippen LogP contribution in [0.2, 0.25) is 0 Å². The molecule has 14 heteroatoms. The fourth-order valence-electron chi connectivity index (χ4n) is 7.63. The van der Waals surface area contributed by atoms with E-state index in [4.69, 9.17) is 9.47 Å². The van der Waals surface area contributed by atoms with Gasteiger partial charge in [0.1, 0.15) is 13.2 Å². The number of benzene rings is 5. The summed E-state index contributed by atoms with van der Waals surface area (Å²) in [6, 6.07) is 43.0. The van der Waals surface area contributed by atoms with Gasteiger partial charge in [-0.05, 0) is 58.5 Å². The molecule has 0 aliphatic carbocycles. The summed E-state index contributed by atoms with van der Waals surface area (Å²) in [5, 5.41) is 22.2. The predicted molar refractivity (Wildman–Crippen MR) is 220 cm³/mol. The zero-order valence-electron chi connectivity index (χ0n) is 31.7. The van der Waals surface area contributed by atoms with Crippen LogP contribution in [0, 0.1) is 20.2 Å². The lowest BCUT2D eigenvalue weighted by Crippen LogP contribution is -2.52. The van der Waals surface area contributed by atoms with Crippen molar-refractivity contribution in [3.8, 4) is 0 Å². The number of amides is 2. The van der Waals surface area contributed by atoms with Crippen LogP contribution in [0.25, 0.3) is 0 Å². The van der Waals surface area contributed by atoms with Crippen molar-refractivity contribution in [2.45, 2.75) is 35.7 Å². The molecule has 2 aliphatic heterocycles. The molecule has 0 N–H and O–H groups in total. The standard InChI is InChI=1S/C44H43N5O8S/c50-42(56-31-33-16-20-38(21-17-33)48(52)53)46-26-24-45(25-27-46)29-40-28-41(30-47(40)43(51)57-32-34-18-22-39(23-19-34)49(54)55)58-44(35-10-4-1-5-11-35,36-12-6-2-7-13-36)37-14-8-3-9-15-37/h1-23,40-41H,24-32H2/t40-,41-/m0/s1. The summed E-state index contributed by atoms with van der Waals surface area (Å²) in [6.45, 7) is 3.03. The minimum atomic E-state index is -0.585. The summed E-state index contributed by atoms with van der Waals surface area (Å²) in [6.07, 6.45) is -0.209. The number of thioether (sulfide) groups is 1. The van der Waals surface area contributed by atoms with E-state index in [-0.39, 0.29) is 35.9 Å². The number of carbonyl (C=O) groups is 2. The van der Waals surface area contributed by atoms with E-state index in [2.05, 4.69) is 77.7 Å². The summed E-state index contributed by atoms with van der Waals surface area (Å²) in [7, 11) is 0. The number of nitrogens with zero attached hydrogens (tertiary/aromatic N) is 5. The van der Waals surface area contributed by atoms with Crippen LogP contribution in [-0.4, -0.2) is 87.3 Å². The number of carbonyl (C=O) groups excluding carboxylic acids is 2. The van der Waals surface area contributed by atoms with E-state index in [1.54, 1.807) is 29.2 Å². The van der Waals surface area contributed by atoms with Crippen LogP contribution in [0.1, 0.15) is 34.2 Å². The molecular formula is C44H43N5O8S. The van der Waals surface area contributed by atoms with Crippen molar-refractivity contribution in [1.82, 2.24) is 14.7 Å². The molecule has 0 radical (unpaired) electrons. The minimum Gasteiger partial charge on any atom is -0.445 e. The van der Waals surface area contributed by atoms with Gasteiger partial charge in [0.05, 0.1) is 14.6 Å². The fourth-order valence-corrected chi connectivity index (χ4v) is 9.50. The van der Waals surface area contributed by atoms with Gasteiger partial charge in [0.25, 0.3) is 11.4 Å². The molecule has 5 aromatic carbocycles. The van der Waals surface area contributed by atoms with Crippen molar-refractivity contribution in [2.24, 2.45) is 0 Å². The molecule has 7 rings (SSSR count). The zero-order valence-corrected chi connectivity index (χ0v) is 32.5. The molecule has 0 bridgehead atoms. The van der Waals surface area contributed by atoms with Gasteiger partial charge < -0.3 is 19.3 Å². The second kappa shape index (κ2) is 18.3. The summed E-state index contributed by atoms with van der Waals surface area (Å²) in [5.41, 5.74) is 4.62. The number of nitro benzene ring substituents is 2. The Labute approximate surface area is 340 Å². The third-order valence-electron chi connectivity index (χ3n) is 10.6. The normalized spacial score (nSPS) is 17.1. The van der Waals surface area contributed by atoms with E-state index in [0.29, 0.717) is 56.8 Å². The highest BCUT2D eigenvalue weighted by molar-refractivity contribution is 8.01. The largest absolute Gasteiger partial charge is 0.445 e. The van der Waals surface area contributed by atoms with Gasteiger partial charge in [-0.25, -0.2) is 9.59 Å². The Hall–Kier alpha value is -6.25. The first-order valence-corrected chi connectivity index (χ1v) is 20.0. The Balaban J connectivity index is 1.08. The van der Waals surface area contributed by atoms with Crippen molar-refractivity contribution >= 4 is 35.3 Å². The molecule has 0 unspecified atom stereocenters. The summed E-state index contributed by atoms with van der Waals surface area (Å²) >= 11 is 1.84. The molecule has 2 saturated heterocycles. The van der Waals surface area contributed by atoms with E-state index in [9.17, 15) is 29.8 Å². The average Bonchev–Trinajstić information content (AvgIpc) is 3.66. The second-order valence-electron chi connectivity index (χ2n) is 14.3. The number of nitro groups is 2. The highest BCUT2D eigenvalue weighted by atomic mass is 32.2. The average molecular weight is 802 g/mol. The molecule has 298 valence electrons.